The first-order valence-corrected chi connectivity index (χ1v) is 9.06. The molecule has 8 heteroatoms. The maximum absolute atomic E-state index is 12.4. The quantitative estimate of drug-likeness (QED) is 0.419. The van der Waals surface area contributed by atoms with Crippen molar-refractivity contribution in [3.63, 3.8) is 0 Å². The second-order valence-electron chi connectivity index (χ2n) is 6.39. The number of rotatable bonds is 5. The Hall–Kier alpha value is -2.70. The van der Waals surface area contributed by atoms with Crippen LogP contribution in [0.3, 0.4) is 0 Å². The Morgan fingerprint density at radius 1 is 0.929 bits per heavy atom. The van der Waals surface area contributed by atoms with E-state index in [1.807, 2.05) is 13.8 Å². The molecule has 1 heterocycles. The predicted octanol–water partition coefficient (Wildman–Crippen LogP) is 3.63. The topological polar surface area (TPSA) is 80.8 Å². The highest BCUT2D eigenvalue weighted by atomic mass is 35.5. The Balaban J connectivity index is 1.64. The number of halogens is 2. The van der Waals surface area contributed by atoms with Gasteiger partial charge in [-0.05, 0) is 43.2 Å². The molecule has 0 N–H and O–H groups in total. The van der Waals surface area contributed by atoms with Gasteiger partial charge in [0.15, 0.2) is 12.4 Å². The Morgan fingerprint density at radius 2 is 1.50 bits per heavy atom. The molecule has 1 aliphatic rings. The largest absolute Gasteiger partial charge is 0.456 e. The number of carbonyl (C=O) groups excluding carboxylic acids is 4. The van der Waals surface area contributed by atoms with E-state index in [1.165, 1.54) is 12.1 Å². The molecule has 0 saturated heterocycles. The van der Waals surface area contributed by atoms with Crippen LogP contribution in [-0.2, 0) is 9.53 Å². The molecule has 3 rings (SSSR count). The van der Waals surface area contributed by atoms with E-state index in [0.29, 0.717) is 5.56 Å². The van der Waals surface area contributed by atoms with Crippen LogP contribution in [0.1, 0.15) is 42.2 Å². The summed E-state index contributed by atoms with van der Waals surface area (Å²) in [5.41, 5.74) is 2.54. The lowest BCUT2D eigenvalue weighted by Crippen LogP contribution is -2.36. The number of benzene rings is 2. The summed E-state index contributed by atoms with van der Waals surface area (Å²) in [5, 5.41) is 0.259. The Labute approximate surface area is 171 Å². The number of ketones is 1. The molecule has 1 aliphatic heterocycles. The molecule has 2 aromatic rings. The van der Waals surface area contributed by atoms with Crippen LogP contribution in [-0.4, -0.2) is 41.6 Å². The van der Waals surface area contributed by atoms with Crippen LogP contribution in [0, 0.1) is 13.8 Å². The standard InChI is InChI=1S/C20H15Cl2NO5/c1-10-3-4-12(5-11(10)2)17(24)9-28-18(25)8-23-19(26)13-6-15(21)16(22)7-14(13)20(23)27/h3-7H,8-9H2,1-2H3. The first-order valence-electron chi connectivity index (χ1n) is 8.30. The van der Waals surface area contributed by atoms with E-state index in [4.69, 9.17) is 27.9 Å². The van der Waals surface area contributed by atoms with Gasteiger partial charge in [-0.3, -0.25) is 24.1 Å². The summed E-state index contributed by atoms with van der Waals surface area (Å²) in [4.78, 5) is 49.7. The molecule has 0 saturated carbocycles. The lowest BCUT2D eigenvalue weighted by molar-refractivity contribution is -0.142. The van der Waals surface area contributed by atoms with E-state index in [2.05, 4.69) is 0 Å². The molecule has 0 aliphatic carbocycles. The number of amides is 2. The number of hydrogen-bond donors (Lipinski definition) is 0. The van der Waals surface area contributed by atoms with Crippen molar-refractivity contribution < 1.29 is 23.9 Å². The van der Waals surface area contributed by atoms with Crippen molar-refractivity contribution in [1.82, 2.24) is 4.90 Å². The molecular weight excluding hydrogens is 405 g/mol. The lowest BCUT2D eigenvalue weighted by Gasteiger charge is -2.13. The van der Waals surface area contributed by atoms with Crippen molar-refractivity contribution in [1.29, 1.82) is 0 Å². The summed E-state index contributed by atoms with van der Waals surface area (Å²) in [6, 6.07) is 7.74. The van der Waals surface area contributed by atoms with E-state index in [-0.39, 0.29) is 27.0 Å². The van der Waals surface area contributed by atoms with Crippen LogP contribution in [0.4, 0.5) is 0 Å². The minimum absolute atomic E-state index is 0.0680. The van der Waals surface area contributed by atoms with Gasteiger partial charge in [-0.15, -0.1) is 0 Å². The minimum atomic E-state index is -0.871. The molecular formula is C20H15Cl2NO5. The number of fused-ring (bicyclic) bond motifs is 1. The average molecular weight is 420 g/mol. The number of esters is 1. The van der Waals surface area contributed by atoms with Crippen LogP contribution >= 0.6 is 23.2 Å². The number of carbonyl (C=O) groups is 4. The number of ether oxygens (including phenoxy) is 1. The summed E-state index contributed by atoms with van der Waals surface area (Å²) < 4.78 is 4.95. The average Bonchev–Trinajstić information content (AvgIpc) is 2.87. The molecule has 0 aromatic heterocycles. The van der Waals surface area contributed by atoms with Gasteiger partial charge in [0, 0.05) is 5.56 Å². The van der Waals surface area contributed by atoms with E-state index in [0.717, 1.165) is 16.0 Å². The van der Waals surface area contributed by atoms with Gasteiger partial charge in [0.25, 0.3) is 11.8 Å². The molecule has 0 bridgehead atoms. The fourth-order valence-electron chi connectivity index (χ4n) is 2.75. The number of nitrogens with zero attached hydrogens (tertiary/aromatic N) is 1. The third-order valence-electron chi connectivity index (χ3n) is 4.49. The predicted molar refractivity (Wildman–Crippen MR) is 103 cm³/mol. The summed E-state index contributed by atoms with van der Waals surface area (Å²) in [6.07, 6.45) is 0. The maximum Gasteiger partial charge on any atom is 0.326 e. The van der Waals surface area contributed by atoms with Gasteiger partial charge in [-0.1, -0.05) is 35.3 Å². The molecule has 6 nitrogen and oxygen atoms in total. The van der Waals surface area contributed by atoms with Gasteiger partial charge in [-0.2, -0.15) is 0 Å². The zero-order valence-corrected chi connectivity index (χ0v) is 16.6. The molecule has 0 radical (unpaired) electrons. The fraction of sp³-hybridized carbons (Fsp3) is 0.200. The number of Topliss-reactive ketones (excluding diaryl/α,β-unsaturated/α-hetero) is 1. The van der Waals surface area contributed by atoms with Crippen molar-refractivity contribution in [3.8, 4) is 0 Å². The van der Waals surface area contributed by atoms with Crippen LogP contribution in [0.5, 0.6) is 0 Å². The van der Waals surface area contributed by atoms with Crippen molar-refractivity contribution in [2.75, 3.05) is 13.2 Å². The summed E-state index contributed by atoms with van der Waals surface area (Å²) in [7, 11) is 0. The molecule has 0 fully saturated rings. The molecule has 2 amide bonds. The second kappa shape index (κ2) is 7.73. The van der Waals surface area contributed by atoms with Crippen molar-refractivity contribution >= 4 is 46.8 Å². The van der Waals surface area contributed by atoms with Gasteiger partial charge in [-0.25, -0.2) is 0 Å². The van der Waals surface area contributed by atoms with Crippen molar-refractivity contribution in [2.24, 2.45) is 0 Å². The SMILES string of the molecule is Cc1ccc(C(=O)COC(=O)CN2C(=O)c3cc(Cl)c(Cl)cc3C2=O)cc1C. The second-order valence-corrected chi connectivity index (χ2v) is 7.21. The van der Waals surface area contributed by atoms with Crippen LogP contribution in [0.2, 0.25) is 10.0 Å². The van der Waals surface area contributed by atoms with Crippen molar-refractivity contribution in [3.05, 3.63) is 68.2 Å². The summed E-state index contributed by atoms with van der Waals surface area (Å²) in [6.45, 7) is 2.70. The highest BCUT2D eigenvalue weighted by molar-refractivity contribution is 6.43. The first kappa shape index (κ1) is 20.0. The number of imide groups is 1. The first-order chi connectivity index (χ1) is 13.2. The van der Waals surface area contributed by atoms with Crippen LogP contribution in [0.15, 0.2) is 30.3 Å². The van der Waals surface area contributed by atoms with Gasteiger partial charge in [0.1, 0.15) is 6.54 Å². The van der Waals surface area contributed by atoms with Crippen LogP contribution in [0.25, 0.3) is 0 Å². The summed E-state index contributed by atoms with van der Waals surface area (Å²) in [5.74, 6) is -2.59. The van der Waals surface area contributed by atoms with E-state index >= 15 is 0 Å². The fourth-order valence-corrected chi connectivity index (χ4v) is 3.07. The zero-order chi connectivity index (χ0) is 20.6. The molecule has 0 unspecified atom stereocenters. The molecule has 144 valence electrons. The van der Waals surface area contributed by atoms with Gasteiger partial charge in [0.2, 0.25) is 0 Å². The lowest BCUT2D eigenvalue weighted by atomic mass is 10.0. The Morgan fingerprint density at radius 3 is 2.04 bits per heavy atom. The highest BCUT2D eigenvalue weighted by Gasteiger charge is 2.37. The van der Waals surface area contributed by atoms with E-state index < -0.39 is 30.9 Å². The monoisotopic (exact) mass is 419 g/mol. The molecule has 0 atom stereocenters. The smallest absolute Gasteiger partial charge is 0.326 e. The maximum atomic E-state index is 12.4. The summed E-state index contributed by atoms with van der Waals surface area (Å²) >= 11 is 11.8. The number of hydrogen-bond acceptors (Lipinski definition) is 5. The van der Waals surface area contributed by atoms with Crippen LogP contribution < -0.4 is 0 Å². The van der Waals surface area contributed by atoms with Crippen molar-refractivity contribution in [2.45, 2.75) is 13.8 Å². The Kier molecular flexibility index (Phi) is 5.54. The van der Waals surface area contributed by atoms with Gasteiger partial charge >= 0.3 is 5.97 Å². The third kappa shape index (κ3) is 3.79. The zero-order valence-electron chi connectivity index (χ0n) is 15.0. The minimum Gasteiger partial charge on any atom is -0.456 e. The molecule has 28 heavy (non-hydrogen) atoms. The number of aryl methyl sites for hydroxylation is 2. The highest BCUT2D eigenvalue weighted by Crippen LogP contribution is 2.31. The molecule has 0 spiro atoms. The Bertz CT molecular complexity index is 990. The normalized spacial score (nSPS) is 12.9. The van der Waals surface area contributed by atoms with Gasteiger partial charge in [0.05, 0.1) is 21.2 Å². The van der Waals surface area contributed by atoms with E-state index in [1.54, 1.807) is 18.2 Å². The van der Waals surface area contributed by atoms with E-state index in [9.17, 15) is 19.2 Å². The third-order valence-corrected chi connectivity index (χ3v) is 5.21. The van der Waals surface area contributed by atoms with Gasteiger partial charge < -0.3 is 4.74 Å². The molecule has 2 aromatic carbocycles.